The van der Waals surface area contributed by atoms with Crippen molar-refractivity contribution >= 4 is 44.9 Å². The van der Waals surface area contributed by atoms with E-state index in [-0.39, 0.29) is 18.8 Å². The summed E-state index contributed by atoms with van der Waals surface area (Å²) in [6.07, 6.45) is 7.31. The Kier molecular flexibility index (Phi) is 7.00. The maximum atomic E-state index is 14.3. The quantitative estimate of drug-likeness (QED) is 0.214. The monoisotopic (exact) mass is 558 g/mol. The lowest BCUT2D eigenvalue weighted by atomic mass is 9.91. The van der Waals surface area contributed by atoms with Crippen molar-refractivity contribution in [1.82, 2.24) is 4.57 Å². The Bertz CT molecular complexity index is 2090. The number of hydrogen-bond acceptors (Lipinski definition) is 6. The average molecular weight is 559 g/mol. The van der Waals surface area contributed by atoms with Gasteiger partial charge in [-0.25, -0.2) is 9.79 Å². The van der Waals surface area contributed by atoms with Gasteiger partial charge >= 0.3 is 5.97 Å². The van der Waals surface area contributed by atoms with Gasteiger partial charge in [-0.2, -0.15) is 0 Å². The fourth-order valence-electron chi connectivity index (χ4n) is 5.38. The molecule has 0 saturated carbocycles. The van der Waals surface area contributed by atoms with E-state index in [1.54, 1.807) is 18.4 Å². The second-order valence-electron chi connectivity index (χ2n) is 9.56. The summed E-state index contributed by atoms with van der Waals surface area (Å²) in [5.74, 6) is 2.61. The summed E-state index contributed by atoms with van der Waals surface area (Å²) >= 11 is 1.28. The van der Waals surface area contributed by atoms with E-state index in [9.17, 15) is 9.59 Å². The van der Waals surface area contributed by atoms with Gasteiger partial charge in [-0.1, -0.05) is 90.1 Å². The van der Waals surface area contributed by atoms with Crippen LogP contribution in [0.2, 0.25) is 0 Å². The molecule has 202 valence electrons. The van der Waals surface area contributed by atoms with Gasteiger partial charge in [-0.15, -0.1) is 6.42 Å². The van der Waals surface area contributed by atoms with Crippen LogP contribution in [0.5, 0.6) is 5.75 Å². The van der Waals surface area contributed by atoms with Crippen LogP contribution in [0.1, 0.15) is 31.0 Å². The molecule has 2 heterocycles. The molecule has 0 amide bonds. The van der Waals surface area contributed by atoms with Crippen LogP contribution in [-0.4, -0.2) is 23.8 Å². The number of terminal acetylenes is 1. The third kappa shape index (κ3) is 4.62. The van der Waals surface area contributed by atoms with Crippen molar-refractivity contribution in [2.24, 2.45) is 4.99 Å². The van der Waals surface area contributed by atoms with Gasteiger partial charge in [0.1, 0.15) is 12.4 Å². The van der Waals surface area contributed by atoms with Crippen LogP contribution < -0.4 is 19.6 Å². The molecular weight excluding hydrogens is 532 g/mol. The molecule has 6 nitrogen and oxygen atoms in total. The fraction of sp³-hybridized carbons (Fsp3) is 0.147. The molecule has 0 spiro atoms. The Balaban J connectivity index is 1.64. The van der Waals surface area contributed by atoms with E-state index in [1.807, 2.05) is 84.9 Å². The molecule has 0 radical (unpaired) electrons. The number of carbonyl (C=O) groups excluding carboxylic acids is 1. The maximum absolute atomic E-state index is 14.3. The predicted octanol–water partition coefficient (Wildman–Crippen LogP) is 5.12. The van der Waals surface area contributed by atoms with E-state index in [0.29, 0.717) is 26.4 Å². The minimum absolute atomic E-state index is 0.101. The molecule has 0 saturated heterocycles. The molecule has 0 bridgehead atoms. The molecule has 7 heteroatoms. The van der Waals surface area contributed by atoms with Gasteiger partial charge in [0.2, 0.25) is 0 Å². The molecule has 4 aromatic carbocycles. The van der Waals surface area contributed by atoms with Crippen LogP contribution in [0.4, 0.5) is 0 Å². The summed E-state index contributed by atoms with van der Waals surface area (Å²) in [5.41, 5.74) is 2.21. The summed E-state index contributed by atoms with van der Waals surface area (Å²) in [6, 6.07) is 24.9. The van der Waals surface area contributed by atoms with Crippen LogP contribution in [0.25, 0.3) is 27.6 Å². The molecule has 0 N–H and O–H groups in total. The number of thiazole rings is 1. The molecule has 1 atom stereocenters. The van der Waals surface area contributed by atoms with E-state index in [1.165, 1.54) is 11.3 Å². The Morgan fingerprint density at radius 2 is 1.73 bits per heavy atom. The largest absolute Gasteiger partial charge is 0.480 e. The number of aromatic nitrogens is 1. The predicted molar refractivity (Wildman–Crippen MR) is 163 cm³/mol. The van der Waals surface area contributed by atoms with Crippen molar-refractivity contribution in [3.05, 3.63) is 121 Å². The van der Waals surface area contributed by atoms with E-state index in [2.05, 4.69) is 5.92 Å². The third-order valence-electron chi connectivity index (χ3n) is 7.15. The Morgan fingerprint density at radius 1 is 1.02 bits per heavy atom. The summed E-state index contributed by atoms with van der Waals surface area (Å²) in [5, 5.41) is 3.90. The minimum atomic E-state index is -0.705. The SMILES string of the molecule is C#CCOc1ccc2ccccc2c1/C=c1/sc2n(c1=O)[C@H](c1cccc3ccccc13)C(C(=O)OCC)=C(C)N=2. The minimum Gasteiger partial charge on any atom is -0.480 e. The fourth-order valence-corrected chi connectivity index (χ4v) is 6.40. The first-order valence-corrected chi connectivity index (χ1v) is 14.1. The number of ether oxygens (including phenoxy) is 2. The molecule has 5 aromatic rings. The zero-order valence-corrected chi connectivity index (χ0v) is 23.4. The first-order valence-electron chi connectivity index (χ1n) is 13.3. The Hall–Kier alpha value is -4.93. The molecule has 0 unspecified atom stereocenters. The van der Waals surface area contributed by atoms with Crippen LogP contribution in [0, 0.1) is 12.3 Å². The second kappa shape index (κ2) is 10.9. The van der Waals surface area contributed by atoms with Crippen molar-refractivity contribution in [3.63, 3.8) is 0 Å². The van der Waals surface area contributed by atoms with E-state index < -0.39 is 12.0 Å². The maximum Gasteiger partial charge on any atom is 0.338 e. The van der Waals surface area contributed by atoms with Crippen molar-refractivity contribution < 1.29 is 14.3 Å². The number of esters is 1. The molecule has 1 aliphatic heterocycles. The number of rotatable bonds is 6. The van der Waals surface area contributed by atoms with Gasteiger partial charge in [0.05, 0.1) is 28.5 Å². The number of nitrogens with zero attached hydrogens (tertiary/aromatic N) is 2. The van der Waals surface area contributed by atoms with Crippen LogP contribution in [0.3, 0.4) is 0 Å². The first kappa shape index (κ1) is 26.3. The van der Waals surface area contributed by atoms with Crippen LogP contribution in [0.15, 0.2) is 99.9 Å². The topological polar surface area (TPSA) is 69.9 Å². The summed E-state index contributed by atoms with van der Waals surface area (Å²) in [6.45, 7) is 3.87. The smallest absolute Gasteiger partial charge is 0.338 e. The van der Waals surface area contributed by atoms with Gasteiger partial charge < -0.3 is 9.47 Å². The van der Waals surface area contributed by atoms with Crippen molar-refractivity contribution in [2.75, 3.05) is 13.2 Å². The summed E-state index contributed by atoms with van der Waals surface area (Å²) in [4.78, 5) is 32.8. The number of hydrogen-bond donors (Lipinski definition) is 0. The normalized spacial score (nSPS) is 15.0. The van der Waals surface area contributed by atoms with Crippen molar-refractivity contribution in [3.8, 4) is 18.1 Å². The lowest BCUT2D eigenvalue weighted by molar-refractivity contribution is -0.139. The summed E-state index contributed by atoms with van der Waals surface area (Å²) in [7, 11) is 0. The third-order valence-corrected chi connectivity index (χ3v) is 8.14. The van der Waals surface area contributed by atoms with Gasteiger partial charge in [0, 0.05) is 5.56 Å². The highest BCUT2D eigenvalue weighted by molar-refractivity contribution is 7.07. The van der Waals surface area contributed by atoms with Gasteiger partial charge in [0.15, 0.2) is 4.80 Å². The highest BCUT2D eigenvalue weighted by Gasteiger charge is 2.34. The number of allylic oxidation sites excluding steroid dienone is 1. The Labute approximate surface area is 240 Å². The van der Waals surface area contributed by atoms with Gasteiger partial charge in [0.25, 0.3) is 5.56 Å². The Morgan fingerprint density at radius 3 is 2.49 bits per heavy atom. The van der Waals surface area contributed by atoms with Crippen molar-refractivity contribution in [2.45, 2.75) is 19.9 Å². The van der Waals surface area contributed by atoms with Gasteiger partial charge in [-0.05, 0) is 53.1 Å². The van der Waals surface area contributed by atoms with Gasteiger partial charge in [-0.3, -0.25) is 9.36 Å². The summed E-state index contributed by atoms with van der Waals surface area (Å²) < 4.78 is 13.4. The lowest BCUT2D eigenvalue weighted by Gasteiger charge is -2.25. The second-order valence-corrected chi connectivity index (χ2v) is 10.6. The standard InChI is InChI=1S/C34H26N2O4S/c1-4-19-40-28-18-17-23-12-7-9-15-25(23)27(28)20-29-32(37)36-31(26-16-10-13-22-11-6-8-14-24(22)26)30(33(38)39-5-2)21(3)35-34(36)41-29/h1,6-18,20,31H,5,19H2,2-3H3/b29-20+/t31-/m1/s1. The molecular formula is C34H26N2O4S. The number of carbonyl (C=O) groups is 1. The highest BCUT2D eigenvalue weighted by atomic mass is 32.1. The van der Waals surface area contributed by atoms with E-state index in [0.717, 1.165) is 32.7 Å². The van der Waals surface area contributed by atoms with Crippen molar-refractivity contribution in [1.29, 1.82) is 0 Å². The number of fused-ring (bicyclic) bond motifs is 3. The van der Waals surface area contributed by atoms with E-state index >= 15 is 0 Å². The average Bonchev–Trinajstić information content (AvgIpc) is 3.29. The molecule has 1 aromatic heterocycles. The highest BCUT2D eigenvalue weighted by Crippen LogP contribution is 2.35. The van der Waals surface area contributed by atoms with Crippen LogP contribution >= 0.6 is 11.3 Å². The first-order chi connectivity index (χ1) is 20.0. The zero-order valence-electron chi connectivity index (χ0n) is 22.6. The zero-order chi connectivity index (χ0) is 28.5. The van der Waals surface area contributed by atoms with Crippen LogP contribution in [-0.2, 0) is 9.53 Å². The molecule has 6 rings (SSSR count). The lowest BCUT2D eigenvalue weighted by Crippen LogP contribution is -2.40. The number of benzene rings is 4. The van der Waals surface area contributed by atoms with E-state index in [4.69, 9.17) is 20.9 Å². The molecule has 0 aliphatic carbocycles. The molecule has 41 heavy (non-hydrogen) atoms. The molecule has 1 aliphatic rings. The molecule has 0 fully saturated rings.